The van der Waals surface area contributed by atoms with Gasteiger partial charge in [0.1, 0.15) is 0 Å². The number of fused-ring (bicyclic) bond motifs is 1. The van der Waals surface area contributed by atoms with Gasteiger partial charge in [0.25, 0.3) is 0 Å². The Hall–Kier alpha value is -1.16. The SMILES string of the molecule is O=S(=O)(c1cccc(C(F)(F)F)c1)N1CCN2C[C@H](O)C[C@H]2C1. The van der Waals surface area contributed by atoms with E-state index >= 15 is 0 Å². The Morgan fingerprint density at radius 1 is 1.17 bits per heavy atom. The van der Waals surface area contributed by atoms with Crippen LogP contribution in [-0.2, 0) is 16.2 Å². The predicted octanol–water partition coefficient (Wildman–Crippen LogP) is 1.14. The normalized spacial score (nSPS) is 27.1. The molecule has 2 aliphatic rings. The molecule has 23 heavy (non-hydrogen) atoms. The van der Waals surface area contributed by atoms with Crippen molar-refractivity contribution in [3.63, 3.8) is 0 Å². The standard InChI is InChI=1S/C14H17F3N2O3S/c15-14(16,17)10-2-1-3-13(6-10)23(21,22)19-5-4-18-9-12(20)7-11(18)8-19/h1-3,6,11-12,20H,4-5,7-9H2/t11-,12+/m0/s1. The molecule has 0 radical (unpaired) electrons. The van der Waals surface area contributed by atoms with E-state index in [0.29, 0.717) is 25.6 Å². The molecule has 2 fully saturated rings. The van der Waals surface area contributed by atoms with Gasteiger partial charge >= 0.3 is 6.18 Å². The van der Waals surface area contributed by atoms with Crippen LogP contribution in [0.15, 0.2) is 29.2 Å². The van der Waals surface area contributed by atoms with Gasteiger partial charge < -0.3 is 5.11 Å². The van der Waals surface area contributed by atoms with Crippen molar-refractivity contribution in [2.24, 2.45) is 0 Å². The van der Waals surface area contributed by atoms with Crippen LogP contribution in [0.25, 0.3) is 0 Å². The first-order valence-corrected chi connectivity index (χ1v) is 8.71. The van der Waals surface area contributed by atoms with E-state index in [1.165, 1.54) is 10.4 Å². The highest BCUT2D eigenvalue weighted by molar-refractivity contribution is 7.89. The highest BCUT2D eigenvalue weighted by Gasteiger charge is 2.40. The zero-order chi connectivity index (χ0) is 16.8. The Labute approximate surface area is 132 Å². The van der Waals surface area contributed by atoms with Gasteiger partial charge in [-0.3, -0.25) is 4.90 Å². The minimum Gasteiger partial charge on any atom is -0.392 e. The van der Waals surface area contributed by atoms with Gasteiger partial charge in [-0.1, -0.05) is 6.07 Å². The van der Waals surface area contributed by atoms with Crippen LogP contribution in [-0.4, -0.2) is 61.1 Å². The molecule has 2 atom stereocenters. The van der Waals surface area contributed by atoms with Gasteiger partial charge in [-0.25, -0.2) is 8.42 Å². The number of hydrogen-bond donors (Lipinski definition) is 1. The second-order valence-corrected chi connectivity index (χ2v) is 7.86. The van der Waals surface area contributed by atoms with Gasteiger partial charge in [0.15, 0.2) is 0 Å². The molecule has 3 rings (SSSR count). The van der Waals surface area contributed by atoms with Crippen LogP contribution in [0, 0.1) is 0 Å². The molecule has 0 aromatic heterocycles. The largest absolute Gasteiger partial charge is 0.416 e. The van der Waals surface area contributed by atoms with Gasteiger partial charge in [-0.05, 0) is 24.6 Å². The van der Waals surface area contributed by atoms with Gasteiger partial charge in [0.2, 0.25) is 10.0 Å². The molecule has 0 unspecified atom stereocenters. The van der Waals surface area contributed by atoms with Crippen LogP contribution < -0.4 is 0 Å². The fourth-order valence-corrected chi connectivity index (χ4v) is 4.70. The highest BCUT2D eigenvalue weighted by atomic mass is 32.2. The van der Waals surface area contributed by atoms with Gasteiger partial charge in [-0.2, -0.15) is 17.5 Å². The van der Waals surface area contributed by atoms with E-state index in [-0.39, 0.29) is 24.0 Å². The molecule has 9 heteroatoms. The lowest BCUT2D eigenvalue weighted by Gasteiger charge is -2.36. The summed E-state index contributed by atoms with van der Waals surface area (Å²) in [6.45, 7) is 1.39. The topological polar surface area (TPSA) is 60.9 Å². The van der Waals surface area contributed by atoms with Crippen molar-refractivity contribution in [1.82, 2.24) is 9.21 Å². The van der Waals surface area contributed by atoms with Crippen molar-refractivity contribution in [2.45, 2.75) is 29.6 Å². The average Bonchev–Trinajstić information content (AvgIpc) is 2.85. The number of hydrogen-bond acceptors (Lipinski definition) is 4. The molecule has 1 aromatic rings. The van der Waals surface area contributed by atoms with E-state index in [2.05, 4.69) is 0 Å². The number of benzene rings is 1. The highest BCUT2D eigenvalue weighted by Crippen LogP contribution is 2.32. The summed E-state index contributed by atoms with van der Waals surface area (Å²) in [6, 6.07) is 3.72. The first-order chi connectivity index (χ1) is 10.7. The third-order valence-corrected chi connectivity index (χ3v) is 6.22. The summed E-state index contributed by atoms with van der Waals surface area (Å²) in [6.07, 6.45) is -4.58. The predicted molar refractivity (Wildman–Crippen MR) is 76.2 cm³/mol. The van der Waals surface area contributed by atoms with Crippen LogP contribution in [0.2, 0.25) is 0 Å². The van der Waals surface area contributed by atoms with Gasteiger partial charge in [0, 0.05) is 32.2 Å². The molecule has 2 saturated heterocycles. The zero-order valence-electron chi connectivity index (χ0n) is 12.2. The summed E-state index contributed by atoms with van der Waals surface area (Å²) in [5.41, 5.74) is -0.978. The number of sulfonamides is 1. The van der Waals surface area contributed by atoms with Gasteiger partial charge in [0.05, 0.1) is 16.6 Å². The fraction of sp³-hybridized carbons (Fsp3) is 0.571. The summed E-state index contributed by atoms with van der Waals surface area (Å²) in [5.74, 6) is 0. The smallest absolute Gasteiger partial charge is 0.392 e. The summed E-state index contributed by atoms with van der Waals surface area (Å²) in [5, 5.41) is 9.66. The first-order valence-electron chi connectivity index (χ1n) is 7.27. The number of piperazine rings is 1. The molecular formula is C14H17F3N2O3S. The lowest BCUT2D eigenvalue weighted by molar-refractivity contribution is -0.137. The Kier molecular flexibility index (Phi) is 4.16. The lowest BCUT2D eigenvalue weighted by Crippen LogP contribution is -2.51. The monoisotopic (exact) mass is 350 g/mol. The molecule has 0 spiro atoms. The Bertz CT molecular complexity index is 693. The van der Waals surface area contributed by atoms with Crippen LogP contribution in [0.5, 0.6) is 0 Å². The van der Waals surface area contributed by atoms with E-state index in [9.17, 15) is 26.7 Å². The Balaban J connectivity index is 1.85. The van der Waals surface area contributed by atoms with E-state index in [1.807, 2.05) is 4.90 Å². The molecule has 0 bridgehead atoms. The second-order valence-electron chi connectivity index (χ2n) is 5.93. The molecule has 128 valence electrons. The maximum atomic E-state index is 12.8. The zero-order valence-corrected chi connectivity index (χ0v) is 13.0. The van der Waals surface area contributed by atoms with E-state index in [0.717, 1.165) is 12.1 Å². The van der Waals surface area contributed by atoms with Crippen LogP contribution in [0.1, 0.15) is 12.0 Å². The molecular weight excluding hydrogens is 333 g/mol. The minimum atomic E-state index is -4.58. The second kappa shape index (κ2) is 5.73. The van der Waals surface area contributed by atoms with Crippen molar-refractivity contribution in [3.05, 3.63) is 29.8 Å². The minimum absolute atomic E-state index is 0.0840. The van der Waals surface area contributed by atoms with Crippen molar-refractivity contribution >= 4 is 10.0 Å². The maximum Gasteiger partial charge on any atom is 0.416 e. The Morgan fingerprint density at radius 2 is 1.91 bits per heavy atom. The molecule has 2 heterocycles. The average molecular weight is 350 g/mol. The molecule has 0 saturated carbocycles. The summed E-state index contributed by atoms with van der Waals surface area (Å²) < 4.78 is 64.8. The van der Waals surface area contributed by atoms with Crippen LogP contribution >= 0.6 is 0 Å². The maximum absolute atomic E-state index is 12.8. The van der Waals surface area contributed by atoms with Crippen molar-refractivity contribution in [3.8, 4) is 0 Å². The third kappa shape index (κ3) is 3.23. The van der Waals surface area contributed by atoms with E-state index in [4.69, 9.17) is 0 Å². The number of rotatable bonds is 2. The number of aliphatic hydroxyl groups is 1. The van der Waals surface area contributed by atoms with Gasteiger partial charge in [-0.15, -0.1) is 0 Å². The third-order valence-electron chi connectivity index (χ3n) is 4.36. The Morgan fingerprint density at radius 3 is 2.61 bits per heavy atom. The summed E-state index contributed by atoms with van der Waals surface area (Å²) >= 11 is 0. The first kappa shape index (κ1) is 16.7. The molecule has 0 aliphatic carbocycles. The van der Waals surface area contributed by atoms with Crippen molar-refractivity contribution < 1.29 is 26.7 Å². The summed E-state index contributed by atoms with van der Waals surface area (Å²) in [7, 11) is -3.98. The number of alkyl halides is 3. The number of nitrogens with zero attached hydrogens (tertiary/aromatic N) is 2. The fourth-order valence-electron chi connectivity index (χ4n) is 3.19. The molecule has 1 aromatic carbocycles. The summed E-state index contributed by atoms with van der Waals surface area (Å²) in [4.78, 5) is 1.67. The number of aliphatic hydroxyl groups excluding tert-OH is 1. The van der Waals surface area contributed by atoms with E-state index in [1.54, 1.807) is 0 Å². The molecule has 2 aliphatic heterocycles. The van der Waals surface area contributed by atoms with E-state index < -0.39 is 27.9 Å². The molecule has 1 N–H and O–H groups in total. The van der Waals surface area contributed by atoms with Crippen molar-refractivity contribution in [1.29, 1.82) is 0 Å². The lowest BCUT2D eigenvalue weighted by atomic mass is 10.2. The van der Waals surface area contributed by atoms with Crippen LogP contribution in [0.3, 0.4) is 0 Å². The van der Waals surface area contributed by atoms with Crippen LogP contribution in [0.4, 0.5) is 13.2 Å². The number of halogens is 3. The molecule has 0 amide bonds. The van der Waals surface area contributed by atoms with Crippen molar-refractivity contribution in [2.75, 3.05) is 26.2 Å². The quantitative estimate of drug-likeness (QED) is 0.869. The molecule has 5 nitrogen and oxygen atoms in total.